The third kappa shape index (κ3) is 2.62. The minimum absolute atomic E-state index is 0.402. The number of hydrogen-bond acceptors (Lipinski definition) is 4. The molecular weight excluding hydrogens is 252 g/mol. The van der Waals surface area contributed by atoms with Gasteiger partial charge in [-0.2, -0.15) is 10.5 Å². The van der Waals surface area contributed by atoms with Gasteiger partial charge in [0.2, 0.25) is 5.88 Å². The monoisotopic (exact) mass is 266 g/mol. The minimum atomic E-state index is 0.402. The van der Waals surface area contributed by atoms with Gasteiger partial charge >= 0.3 is 0 Å². The Labute approximate surface area is 117 Å². The third-order valence-corrected chi connectivity index (χ3v) is 2.92. The molecule has 0 spiro atoms. The Morgan fingerprint density at radius 1 is 1.15 bits per heavy atom. The van der Waals surface area contributed by atoms with Crippen molar-refractivity contribution in [2.45, 2.75) is 26.8 Å². The highest BCUT2D eigenvalue weighted by atomic mass is 16.5. The largest absolute Gasteiger partial charge is 0.439 e. The summed E-state index contributed by atoms with van der Waals surface area (Å²) in [6.07, 6.45) is 2.49. The molecular formula is C15H14N4O. The first kappa shape index (κ1) is 13.6. The molecule has 0 bridgehead atoms. The molecule has 0 unspecified atom stereocenters. The van der Waals surface area contributed by atoms with E-state index in [1.807, 2.05) is 30.6 Å². The van der Waals surface area contributed by atoms with Crippen LogP contribution in [0, 0.1) is 22.7 Å². The highest BCUT2D eigenvalue weighted by Crippen LogP contribution is 2.27. The molecule has 1 heterocycles. The van der Waals surface area contributed by atoms with E-state index in [2.05, 4.69) is 4.98 Å². The van der Waals surface area contributed by atoms with Gasteiger partial charge in [0, 0.05) is 6.54 Å². The first-order chi connectivity index (χ1) is 9.71. The second kappa shape index (κ2) is 5.90. The van der Waals surface area contributed by atoms with Crippen molar-refractivity contribution < 1.29 is 4.74 Å². The van der Waals surface area contributed by atoms with E-state index < -0.39 is 0 Å². The van der Waals surface area contributed by atoms with Gasteiger partial charge in [0.25, 0.3) is 0 Å². The van der Waals surface area contributed by atoms with Crippen molar-refractivity contribution in [2.75, 3.05) is 0 Å². The lowest BCUT2D eigenvalue weighted by molar-refractivity contribution is 0.427. The van der Waals surface area contributed by atoms with Crippen molar-refractivity contribution in [1.29, 1.82) is 10.5 Å². The maximum Gasteiger partial charge on any atom is 0.222 e. The van der Waals surface area contributed by atoms with Gasteiger partial charge in [-0.3, -0.25) is 0 Å². The van der Waals surface area contributed by atoms with Crippen molar-refractivity contribution >= 4 is 0 Å². The Morgan fingerprint density at radius 2 is 1.80 bits per heavy atom. The van der Waals surface area contributed by atoms with Crippen LogP contribution in [0.2, 0.25) is 0 Å². The van der Waals surface area contributed by atoms with E-state index in [9.17, 15) is 0 Å². The van der Waals surface area contributed by atoms with Crippen molar-refractivity contribution in [2.24, 2.45) is 0 Å². The van der Waals surface area contributed by atoms with E-state index in [1.54, 1.807) is 18.5 Å². The van der Waals surface area contributed by atoms with Gasteiger partial charge < -0.3 is 9.30 Å². The van der Waals surface area contributed by atoms with Crippen molar-refractivity contribution in [3.05, 3.63) is 41.3 Å². The van der Waals surface area contributed by atoms with Crippen LogP contribution in [0.5, 0.6) is 11.6 Å². The smallest absolute Gasteiger partial charge is 0.222 e. The molecule has 0 fully saturated rings. The Morgan fingerprint density at radius 3 is 2.30 bits per heavy atom. The van der Waals surface area contributed by atoms with Crippen molar-refractivity contribution in [1.82, 2.24) is 9.55 Å². The molecule has 0 saturated heterocycles. The zero-order valence-corrected chi connectivity index (χ0v) is 11.4. The predicted molar refractivity (Wildman–Crippen MR) is 73.2 cm³/mol. The second-order valence-corrected chi connectivity index (χ2v) is 4.21. The van der Waals surface area contributed by atoms with E-state index in [0.717, 1.165) is 18.7 Å². The molecule has 0 atom stereocenters. The summed E-state index contributed by atoms with van der Waals surface area (Å²) >= 11 is 0. The lowest BCUT2D eigenvalue weighted by Crippen LogP contribution is -1.98. The molecule has 0 radical (unpaired) electrons. The van der Waals surface area contributed by atoms with Crippen LogP contribution in [-0.2, 0) is 13.0 Å². The summed E-state index contributed by atoms with van der Waals surface area (Å²) in [6.45, 7) is 4.74. The van der Waals surface area contributed by atoms with Crippen LogP contribution < -0.4 is 4.74 Å². The zero-order valence-electron chi connectivity index (χ0n) is 11.4. The number of ether oxygens (including phenoxy) is 1. The maximum absolute atomic E-state index is 8.98. The lowest BCUT2D eigenvalue weighted by Gasteiger charge is -2.10. The molecule has 2 rings (SSSR count). The molecule has 0 aliphatic carbocycles. The highest BCUT2D eigenvalue weighted by Gasteiger charge is 2.12. The standard InChI is InChI=1S/C15H14N4O/c1-3-14-15(19(4-2)10-18-14)20-13-6-11(8-16)5-12(7-13)9-17/h5-7,10H,3-4H2,1-2H3. The van der Waals surface area contributed by atoms with Gasteiger partial charge in [-0.15, -0.1) is 0 Å². The molecule has 0 saturated carbocycles. The summed E-state index contributed by atoms with van der Waals surface area (Å²) in [7, 11) is 0. The number of benzene rings is 1. The van der Waals surface area contributed by atoms with E-state index >= 15 is 0 Å². The van der Waals surface area contributed by atoms with Gasteiger partial charge in [-0.05, 0) is 31.5 Å². The number of nitrogens with zero attached hydrogens (tertiary/aromatic N) is 4. The van der Waals surface area contributed by atoms with Gasteiger partial charge in [0.05, 0.1) is 29.6 Å². The summed E-state index contributed by atoms with van der Waals surface area (Å²) in [5.41, 5.74) is 1.66. The first-order valence-corrected chi connectivity index (χ1v) is 6.39. The Balaban J connectivity index is 2.42. The minimum Gasteiger partial charge on any atom is -0.439 e. The van der Waals surface area contributed by atoms with E-state index in [1.165, 1.54) is 6.07 Å². The van der Waals surface area contributed by atoms with Crippen molar-refractivity contribution in [3.63, 3.8) is 0 Å². The van der Waals surface area contributed by atoms with Gasteiger partial charge in [0.15, 0.2) is 0 Å². The Bertz CT molecular complexity index is 650. The quantitative estimate of drug-likeness (QED) is 0.852. The van der Waals surface area contributed by atoms with Crippen molar-refractivity contribution in [3.8, 4) is 23.8 Å². The maximum atomic E-state index is 8.98. The van der Waals surface area contributed by atoms with Gasteiger partial charge in [-0.25, -0.2) is 4.98 Å². The summed E-state index contributed by atoms with van der Waals surface area (Å²) in [4.78, 5) is 4.29. The zero-order chi connectivity index (χ0) is 14.5. The van der Waals surface area contributed by atoms with Crippen LogP contribution in [0.3, 0.4) is 0 Å². The SMILES string of the molecule is CCc1ncn(CC)c1Oc1cc(C#N)cc(C#N)c1. The summed E-state index contributed by atoms with van der Waals surface area (Å²) < 4.78 is 7.74. The van der Waals surface area contributed by atoms with E-state index in [0.29, 0.717) is 22.8 Å². The normalized spacial score (nSPS) is 9.80. The predicted octanol–water partition coefficient (Wildman–Crippen LogP) is 3.00. The first-order valence-electron chi connectivity index (χ1n) is 6.39. The molecule has 1 aromatic heterocycles. The average Bonchev–Trinajstić information content (AvgIpc) is 2.88. The van der Waals surface area contributed by atoms with E-state index in [-0.39, 0.29) is 0 Å². The average molecular weight is 266 g/mol. The summed E-state index contributed by atoms with van der Waals surface area (Å²) in [6, 6.07) is 8.82. The fourth-order valence-electron chi connectivity index (χ4n) is 1.90. The molecule has 100 valence electrons. The number of aryl methyl sites for hydroxylation is 2. The molecule has 20 heavy (non-hydrogen) atoms. The van der Waals surface area contributed by atoms with Crippen LogP contribution in [-0.4, -0.2) is 9.55 Å². The third-order valence-electron chi connectivity index (χ3n) is 2.92. The van der Waals surface area contributed by atoms with Crippen LogP contribution in [0.4, 0.5) is 0 Å². The molecule has 2 aromatic rings. The fourth-order valence-corrected chi connectivity index (χ4v) is 1.90. The van der Waals surface area contributed by atoms with Gasteiger partial charge in [0.1, 0.15) is 11.4 Å². The number of rotatable bonds is 4. The van der Waals surface area contributed by atoms with Crippen LogP contribution in [0.25, 0.3) is 0 Å². The molecule has 1 aromatic carbocycles. The fraction of sp³-hybridized carbons (Fsp3) is 0.267. The Kier molecular flexibility index (Phi) is 4.02. The van der Waals surface area contributed by atoms with Crippen LogP contribution in [0.15, 0.2) is 24.5 Å². The molecule has 5 heteroatoms. The number of nitriles is 2. The highest BCUT2D eigenvalue weighted by molar-refractivity contribution is 5.46. The second-order valence-electron chi connectivity index (χ2n) is 4.21. The molecule has 5 nitrogen and oxygen atoms in total. The topological polar surface area (TPSA) is 74.6 Å². The molecule has 0 aliphatic heterocycles. The summed E-state index contributed by atoms with van der Waals surface area (Å²) in [5.74, 6) is 1.14. The summed E-state index contributed by atoms with van der Waals surface area (Å²) in [5, 5.41) is 18.0. The van der Waals surface area contributed by atoms with E-state index in [4.69, 9.17) is 15.3 Å². The van der Waals surface area contributed by atoms with Crippen LogP contribution in [0.1, 0.15) is 30.7 Å². The number of imidazole rings is 1. The van der Waals surface area contributed by atoms with Gasteiger partial charge in [-0.1, -0.05) is 6.92 Å². The molecule has 0 amide bonds. The number of aromatic nitrogens is 2. The number of hydrogen-bond donors (Lipinski definition) is 0. The molecule has 0 aliphatic rings. The Hall–Kier alpha value is -2.79. The van der Waals surface area contributed by atoms with Crippen LogP contribution >= 0.6 is 0 Å². The molecule has 0 N–H and O–H groups in total. The lowest BCUT2D eigenvalue weighted by atomic mass is 10.1.